The van der Waals surface area contributed by atoms with Gasteiger partial charge in [-0.2, -0.15) is 0 Å². The number of carbonyl (C=O) groups excluding carboxylic acids is 2. The topological polar surface area (TPSA) is 81.8 Å². The van der Waals surface area contributed by atoms with E-state index in [1.54, 1.807) is 0 Å². The van der Waals surface area contributed by atoms with Crippen molar-refractivity contribution in [3.63, 3.8) is 0 Å². The molecule has 0 amide bonds. The second-order valence-electron chi connectivity index (χ2n) is 1.97. The summed E-state index contributed by atoms with van der Waals surface area (Å²) in [7, 11) is 0. The second-order valence-corrected chi connectivity index (χ2v) is 2.67. The van der Waals surface area contributed by atoms with Crippen molar-refractivity contribution >= 4 is 35.4 Å². The van der Waals surface area contributed by atoms with Crippen LogP contribution in [-0.4, -0.2) is 12.2 Å². The van der Waals surface area contributed by atoms with Crippen LogP contribution in [0.3, 0.4) is 0 Å². The van der Waals surface area contributed by atoms with E-state index in [0.717, 1.165) is 22.7 Å². The van der Waals surface area contributed by atoms with Crippen LogP contribution in [0.5, 0.6) is 0 Å². The molecule has 0 radical (unpaired) electrons. The largest absolute Gasteiger partial charge is 0.231 e. The highest BCUT2D eigenvalue weighted by atomic mass is 35.5. The van der Waals surface area contributed by atoms with E-state index >= 15 is 0 Å². The van der Waals surface area contributed by atoms with Gasteiger partial charge in [-0.15, -0.1) is 11.6 Å². The number of hydrogen-bond acceptors (Lipinski definition) is 4. The van der Waals surface area contributed by atoms with Crippen LogP contribution in [0.1, 0.15) is 5.56 Å². The minimum atomic E-state index is 0.528. The molecular weight excluding hydrogens is 239 g/mol. The number of benzene rings is 1. The average molecular weight is 247 g/mol. The Morgan fingerprint density at radius 2 is 1.67 bits per heavy atom. The Labute approximate surface area is 96.8 Å². The molecule has 0 spiro atoms. The Morgan fingerprint density at radius 3 is 1.93 bits per heavy atom. The molecule has 1 aromatic carbocycles. The molecule has 0 aliphatic rings. The minimum absolute atomic E-state index is 0.528. The highest BCUT2D eigenvalue weighted by Gasteiger charge is 1.88. The third kappa shape index (κ3) is 12.6. The lowest BCUT2D eigenvalue weighted by Gasteiger charge is -1.92. The molecule has 2 N–H and O–H groups in total. The van der Waals surface area contributed by atoms with Gasteiger partial charge < -0.3 is 0 Å². The number of hydrogen-bond donors (Lipinski definition) is 2. The van der Waals surface area contributed by atoms with Gasteiger partial charge in [0.05, 0.1) is 0 Å². The summed E-state index contributed by atoms with van der Waals surface area (Å²) >= 11 is 11.2. The number of isocyanates is 2. The summed E-state index contributed by atoms with van der Waals surface area (Å²) in [5.41, 5.74) is 1.06. The molecule has 0 unspecified atom stereocenters. The van der Waals surface area contributed by atoms with E-state index in [4.69, 9.17) is 43.6 Å². The van der Waals surface area contributed by atoms with Crippen molar-refractivity contribution in [2.75, 3.05) is 0 Å². The zero-order valence-corrected chi connectivity index (χ0v) is 9.10. The van der Waals surface area contributed by atoms with E-state index in [1.165, 1.54) is 0 Å². The van der Waals surface area contributed by atoms with Crippen LogP contribution in [0.15, 0.2) is 24.3 Å². The molecule has 0 atom stereocenters. The molecule has 4 nitrogen and oxygen atoms in total. The summed E-state index contributed by atoms with van der Waals surface area (Å²) in [5.74, 6) is 0.528. The van der Waals surface area contributed by atoms with E-state index < -0.39 is 0 Å². The van der Waals surface area contributed by atoms with Crippen molar-refractivity contribution in [3.8, 4) is 0 Å². The summed E-state index contributed by atoms with van der Waals surface area (Å²) in [6, 6.07) is 7.52. The van der Waals surface area contributed by atoms with E-state index in [1.807, 2.05) is 24.3 Å². The van der Waals surface area contributed by atoms with Gasteiger partial charge in [-0.1, -0.05) is 23.7 Å². The summed E-state index contributed by atoms with van der Waals surface area (Å²) in [5, 5.41) is 11.5. The molecule has 80 valence electrons. The van der Waals surface area contributed by atoms with Crippen LogP contribution in [0.2, 0.25) is 5.02 Å². The molecule has 15 heavy (non-hydrogen) atoms. The molecular formula is C9H8Cl2N2O2. The molecule has 0 fully saturated rings. The van der Waals surface area contributed by atoms with Gasteiger partial charge in [-0.05, 0) is 17.7 Å². The highest BCUT2D eigenvalue weighted by molar-refractivity contribution is 6.30. The lowest BCUT2D eigenvalue weighted by molar-refractivity contribution is 0.562. The maximum absolute atomic E-state index is 8.35. The molecule has 6 heteroatoms. The first kappa shape index (κ1) is 16.0. The van der Waals surface area contributed by atoms with Gasteiger partial charge in [0.2, 0.25) is 12.2 Å². The van der Waals surface area contributed by atoms with E-state index in [9.17, 15) is 0 Å². The van der Waals surface area contributed by atoms with Crippen LogP contribution < -0.4 is 0 Å². The Balaban J connectivity index is 0. The minimum Gasteiger partial charge on any atom is -0.222 e. The number of rotatable bonds is 1. The Bertz CT molecular complexity index is 332. The van der Waals surface area contributed by atoms with Crippen molar-refractivity contribution in [1.29, 1.82) is 10.8 Å². The maximum Gasteiger partial charge on any atom is 0.231 e. The van der Waals surface area contributed by atoms with Gasteiger partial charge in [0.25, 0.3) is 0 Å². The zero-order valence-electron chi connectivity index (χ0n) is 7.59. The van der Waals surface area contributed by atoms with Crippen molar-refractivity contribution in [2.45, 2.75) is 5.88 Å². The molecule has 0 aliphatic heterocycles. The van der Waals surface area contributed by atoms with Crippen LogP contribution >= 0.6 is 23.2 Å². The molecule has 0 heterocycles. The first-order valence-corrected chi connectivity index (χ1v) is 4.45. The fraction of sp³-hybridized carbons (Fsp3) is 0.111. The van der Waals surface area contributed by atoms with Crippen LogP contribution in [0.25, 0.3) is 0 Å². The van der Waals surface area contributed by atoms with Crippen molar-refractivity contribution in [1.82, 2.24) is 0 Å². The monoisotopic (exact) mass is 246 g/mol. The van der Waals surface area contributed by atoms with Crippen LogP contribution in [-0.2, 0) is 15.5 Å². The summed E-state index contributed by atoms with van der Waals surface area (Å²) < 4.78 is 0. The van der Waals surface area contributed by atoms with Gasteiger partial charge in [0, 0.05) is 10.9 Å². The Morgan fingerprint density at radius 1 is 1.20 bits per heavy atom. The van der Waals surface area contributed by atoms with Crippen molar-refractivity contribution in [3.05, 3.63) is 34.9 Å². The molecule has 0 aromatic heterocycles. The van der Waals surface area contributed by atoms with Gasteiger partial charge in [0.1, 0.15) is 0 Å². The average Bonchev–Trinajstić information content (AvgIpc) is 2.20. The predicted octanol–water partition coefficient (Wildman–Crippen LogP) is 2.88. The number of nitrogens with one attached hydrogen (secondary N) is 2. The first-order chi connectivity index (χ1) is 7.15. The molecule has 1 aromatic rings. The Hall–Kier alpha value is -1.44. The third-order valence-electron chi connectivity index (χ3n) is 1.04. The lowest BCUT2D eigenvalue weighted by Crippen LogP contribution is -1.73. The molecule has 0 bridgehead atoms. The summed E-state index contributed by atoms with van der Waals surface area (Å²) in [6.45, 7) is 0. The lowest BCUT2D eigenvalue weighted by atomic mass is 10.2. The van der Waals surface area contributed by atoms with Gasteiger partial charge in [0.15, 0.2) is 0 Å². The van der Waals surface area contributed by atoms with Crippen molar-refractivity contribution in [2.24, 2.45) is 0 Å². The van der Waals surface area contributed by atoms with Gasteiger partial charge >= 0.3 is 0 Å². The second kappa shape index (κ2) is 12.6. The predicted molar refractivity (Wildman–Crippen MR) is 57.8 cm³/mol. The summed E-state index contributed by atoms with van der Waals surface area (Å²) in [6.07, 6.45) is 1.50. The third-order valence-corrected chi connectivity index (χ3v) is 1.59. The molecule has 1 rings (SSSR count). The highest BCUT2D eigenvalue weighted by Crippen LogP contribution is 2.11. The molecule has 0 saturated carbocycles. The fourth-order valence-electron chi connectivity index (χ4n) is 0.620. The fourth-order valence-corrected chi connectivity index (χ4v) is 0.999. The van der Waals surface area contributed by atoms with E-state index in [-0.39, 0.29) is 0 Å². The molecule has 0 saturated heterocycles. The smallest absolute Gasteiger partial charge is 0.222 e. The quantitative estimate of drug-likeness (QED) is 0.454. The standard InChI is InChI=1S/C7H6Cl2.2CHNO/c8-5-6-2-1-3-7(9)4-6;2*2-1-3/h1-4H,5H2;2*2H. The molecule has 0 aliphatic carbocycles. The van der Waals surface area contributed by atoms with E-state index in [0.29, 0.717) is 5.88 Å². The number of alkyl halides is 1. The van der Waals surface area contributed by atoms with E-state index in [2.05, 4.69) is 0 Å². The Kier molecular flexibility index (Phi) is 13.4. The van der Waals surface area contributed by atoms with Crippen molar-refractivity contribution < 1.29 is 9.59 Å². The van der Waals surface area contributed by atoms with Crippen LogP contribution in [0, 0.1) is 10.8 Å². The van der Waals surface area contributed by atoms with Gasteiger partial charge in [-0.25, -0.2) is 20.4 Å². The zero-order chi connectivity index (χ0) is 12.1. The van der Waals surface area contributed by atoms with Crippen LogP contribution in [0.4, 0.5) is 0 Å². The maximum atomic E-state index is 8.35. The normalized spacial score (nSPS) is 6.80. The van der Waals surface area contributed by atoms with Gasteiger partial charge in [-0.3, -0.25) is 0 Å². The number of halogens is 2. The summed E-state index contributed by atoms with van der Waals surface area (Å²) in [4.78, 5) is 16.7. The first-order valence-electron chi connectivity index (χ1n) is 3.54. The SMILES string of the molecule is ClCc1cccc(Cl)c1.N=C=O.N=C=O.